The third-order valence-electron chi connectivity index (χ3n) is 3.16. The highest BCUT2D eigenvalue weighted by Gasteiger charge is 2.01. The highest BCUT2D eigenvalue weighted by atomic mass is 15.1. The molecule has 0 aliphatic rings. The number of benzene rings is 1. The van der Waals surface area contributed by atoms with Crippen molar-refractivity contribution in [1.29, 1.82) is 0 Å². The van der Waals surface area contributed by atoms with E-state index in [0.29, 0.717) is 18.4 Å². The Kier molecular flexibility index (Phi) is 4.93. The van der Waals surface area contributed by atoms with Crippen LogP contribution < -0.4 is 11.1 Å². The lowest BCUT2D eigenvalue weighted by atomic mass is 10.1. The van der Waals surface area contributed by atoms with Gasteiger partial charge in [0.05, 0.1) is 12.1 Å². The number of aliphatic imine (C=N–C) groups is 1. The van der Waals surface area contributed by atoms with Gasteiger partial charge in [0.1, 0.15) is 0 Å². The topological polar surface area (TPSA) is 63.3 Å². The van der Waals surface area contributed by atoms with Crippen LogP contribution in [0.25, 0.3) is 10.9 Å². The molecular weight excluding hydrogens is 248 g/mol. The van der Waals surface area contributed by atoms with E-state index in [1.54, 1.807) is 6.20 Å². The van der Waals surface area contributed by atoms with Crippen molar-refractivity contribution in [3.8, 4) is 0 Å². The molecule has 2 rings (SSSR count). The van der Waals surface area contributed by atoms with E-state index in [-0.39, 0.29) is 0 Å². The zero-order valence-electron chi connectivity index (χ0n) is 12.1. The molecule has 1 aromatic carbocycles. The highest BCUT2D eigenvalue weighted by molar-refractivity contribution is 5.82. The van der Waals surface area contributed by atoms with Gasteiger partial charge in [0, 0.05) is 18.1 Å². The smallest absolute Gasteiger partial charge is 0.188 e. The van der Waals surface area contributed by atoms with Gasteiger partial charge in [-0.25, -0.2) is 4.99 Å². The van der Waals surface area contributed by atoms with E-state index in [0.717, 1.165) is 29.4 Å². The summed E-state index contributed by atoms with van der Waals surface area (Å²) in [5.74, 6) is 1.16. The number of nitrogens with two attached hydrogens (primary N) is 1. The Hall–Kier alpha value is -2.10. The van der Waals surface area contributed by atoms with Gasteiger partial charge in [-0.1, -0.05) is 38.1 Å². The minimum absolute atomic E-state index is 0.499. The molecule has 0 amide bonds. The first kappa shape index (κ1) is 14.3. The van der Waals surface area contributed by atoms with Gasteiger partial charge in [-0.05, 0) is 24.0 Å². The summed E-state index contributed by atoms with van der Waals surface area (Å²) in [6, 6.07) is 10.1. The SMILES string of the molecule is CC(C)CCNC(N)=NCc1cccc2cccnc12. The van der Waals surface area contributed by atoms with Crippen molar-refractivity contribution in [3.63, 3.8) is 0 Å². The molecule has 0 unspecified atom stereocenters. The average molecular weight is 270 g/mol. The van der Waals surface area contributed by atoms with Crippen molar-refractivity contribution in [1.82, 2.24) is 10.3 Å². The predicted molar refractivity (Wildman–Crippen MR) is 84.5 cm³/mol. The van der Waals surface area contributed by atoms with E-state index in [4.69, 9.17) is 5.73 Å². The highest BCUT2D eigenvalue weighted by Crippen LogP contribution is 2.16. The molecule has 0 aliphatic heterocycles. The molecular formula is C16H22N4. The van der Waals surface area contributed by atoms with Crippen molar-refractivity contribution < 1.29 is 0 Å². The Bertz CT molecular complexity index is 585. The normalized spacial score (nSPS) is 12.1. The first-order valence-corrected chi connectivity index (χ1v) is 7.03. The van der Waals surface area contributed by atoms with E-state index in [9.17, 15) is 0 Å². The lowest BCUT2D eigenvalue weighted by molar-refractivity contribution is 0.576. The Labute approximate surface area is 120 Å². The summed E-state index contributed by atoms with van der Waals surface area (Å²) in [5, 5.41) is 4.27. The van der Waals surface area contributed by atoms with Crippen molar-refractivity contribution in [2.75, 3.05) is 6.54 Å². The van der Waals surface area contributed by atoms with E-state index in [1.807, 2.05) is 18.2 Å². The van der Waals surface area contributed by atoms with Gasteiger partial charge in [0.15, 0.2) is 5.96 Å². The first-order chi connectivity index (χ1) is 9.66. The zero-order valence-corrected chi connectivity index (χ0v) is 12.1. The van der Waals surface area contributed by atoms with Crippen LogP contribution in [-0.4, -0.2) is 17.5 Å². The van der Waals surface area contributed by atoms with Crippen LogP contribution in [0.15, 0.2) is 41.5 Å². The summed E-state index contributed by atoms with van der Waals surface area (Å²) in [6.07, 6.45) is 2.89. The number of pyridine rings is 1. The molecule has 0 spiro atoms. The zero-order chi connectivity index (χ0) is 14.4. The number of para-hydroxylation sites is 1. The van der Waals surface area contributed by atoms with Crippen LogP contribution in [0.2, 0.25) is 0 Å². The van der Waals surface area contributed by atoms with Crippen molar-refractivity contribution >= 4 is 16.9 Å². The Morgan fingerprint density at radius 1 is 1.30 bits per heavy atom. The molecule has 0 fully saturated rings. The standard InChI is InChI=1S/C16H22N4/c1-12(2)8-10-19-16(17)20-11-14-6-3-5-13-7-4-9-18-15(13)14/h3-7,9,12H,8,10-11H2,1-2H3,(H3,17,19,20). The fraction of sp³-hybridized carbons (Fsp3) is 0.375. The molecule has 106 valence electrons. The summed E-state index contributed by atoms with van der Waals surface area (Å²) in [5.41, 5.74) is 7.96. The number of nitrogens with one attached hydrogen (secondary N) is 1. The molecule has 3 N–H and O–H groups in total. The molecule has 4 heteroatoms. The second kappa shape index (κ2) is 6.89. The second-order valence-corrected chi connectivity index (χ2v) is 5.30. The maximum absolute atomic E-state index is 5.87. The quantitative estimate of drug-likeness (QED) is 0.648. The number of guanidine groups is 1. The molecule has 20 heavy (non-hydrogen) atoms. The largest absolute Gasteiger partial charge is 0.370 e. The molecule has 1 heterocycles. The Morgan fingerprint density at radius 2 is 2.10 bits per heavy atom. The third kappa shape index (κ3) is 3.95. The fourth-order valence-corrected chi connectivity index (χ4v) is 2.01. The lowest BCUT2D eigenvalue weighted by Gasteiger charge is -2.08. The van der Waals surface area contributed by atoms with E-state index in [1.165, 1.54) is 0 Å². The minimum Gasteiger partial charge on any atom is -0.370 e. The third-order valence-corrected chi connectivity index (χ3v) is 3.16. The predicted octanol–water partition coefficient (Wildman–Crippen LogP) is 2.69. The second-order valence-electron chi connectivity index (χ2n) is 5.30. The molecule has 4 nitrogen and oxygen atoms in total. The minimum atomic E-state index is 0.499. The lowest BCUT2D eigenvalue weighted by Crippen LogP contribution is -2.32. The molecule has 0 aliphatic carbocycles. The average Bonchev–Trinajstić information content (AvgIpc) is 2.44. The summed E-state index contributed by atoms with van der Waals surface area (Å²) in [4.78, 5) is 8.80. The van der Waals surface area contributed by atoms with Crippen molar-refractivity contribution in [2.24, 2.45) is 16.6 Å². The van der Waals surface area contributed by atoms with Gasteiger partial charge in [0.25, 0.3) is 0 Å². The van der Waals surface area contributed by atoms with Gasteiger partial charge >= 0.3 is 0 Å². The number of rotatable bonds is 5. The Balaban J connectivity index is 2.01. The molecule has 0 saturated heterocycles. The fourth-order valence-electron chi connectivity index (χ4n) is 2.01. The molecule has 2 aromatic rings. The first-order valence-electron chi connectivity index (χ1n) is 7.03. The van der Waals surface area contributed by atoms with Gasteiger partial charge < -0.3 is 11.1 Å². The molecule has 0 radical (unpaired) electrons. The van der Waals surface area contributed by atoms with E-state index < -0.39 is 0 Å². The number of hydrogen-bond acceptors (Lipinski definition) is 2. The van der Waals surface area contributed by atoms with Crippen LogP contribution in [0, 0.1) is 5.92 Å². The van der Waals surface area contributed by atoms with Crippen LogP contribution in [0.4, 0.5) is 0 Å². The van der Waals surface area contributed by atoms with Crippen molar-refractivity contribution in [2.45, 2.75) is 26.8 Å². The van der Waals surface area contributed by atoms with Gasteiger partial charge in [-0.15, -0.1) is 0 Å². The Morgan fingerprint density at radius 3 is 2.90 bits per heavy atom. The van der Waals surface area contributed by atoms with E-state index in [2.05, 4.69) is 41.3 Å². The molecule has 1 aromatic heterocycles. The van der Waals surface area contributed by atoms with Crippen LogP contribution >= 0.6 is 0 Å². The van der Waals surface area contributed by atoms with Crippen LogP contribution in [0.3, 0.4) is 0 Å². The summed E-state index contributed by atoms with van der Waals surface area (Å²) in [7, 11) is 0. The summed E-state index contributed by atoms with van der Waals surface area (Å²) < 4.78 is 0. The molecule has 0 bridgehead atoms. The van der Waals surface area contributed by atoms with Crippen LogP contribution in [-0.2, 0) is 6.54 Å². The van der Waals surface area contributed by atoms with Crippen molar-refractivity contribution in [3.05, 3.63) is 42.1 Å². The van der Waals surface area contributed by atoms with Crippen LogP contribution in [0.1, 0.15) is 25.8 Å². The van der Waals surface area contributed by atoms with Gasteiger partial charge in [-0.2, -0.15) is 0 Å². The summed E-state index contributed by atoms with van der Waals surface area (Å²) in [6.45, 7) is 5.79. The number of nitrogens with zero attached hydrogens (tertiary/aromatic N) is 2. The van der Waals surface area contributed by atoms with E-state index >= 15 is 0 Å². The van der Waals surface area contributed by atoms with Crippen LogP contribution in [0.5, 0.6) is 0 Å². The summed E-state index contributed by atoms with van der Waals surface area (Å²) >= 11 is 0. The van der Waals surface area contributed by atoms with Gasteiger partial charge in [0.2, 0.25) is 0 Å². The molecule has 0 saturated carbocycles. The number of fused-ring (bicyclic) bond motifs is 1. The maximum Gasteiger partial charge on any atom is 0.188 e. The monoisotopic (exact) mass is 270 g/mol. The maximum atomic E-state index is 5.87. The molecule has 0 atom stereocenters. The number of hydrogen-bond donors (Lipinski definition) is 2. The number of aromatic nitrogens is 1. The van der Waals surface area contributed by atoms with Gasteiger partial charge in [-0.3, -0.25) is 4.98 Å².